The second-order valence-corrected chi connectivity index (χ2v) is 4.64. The summed E-state index contributed by atoms with van der Waals surface area (Å²) in [6.45, 7) is 2.63. The smallest absolute Gasteiger partial charge is 0.162 e. The lowest BCUT2D eigenvalue weighted by Crippen LogP contribution is -2.23. The summed E-state index contributed by atoms with van der Waals surface area (Å²) in [4.78, 5) is 14.0. The van der Waals surface area contributed by atoms with E-state index >= 15 is 0 Å². The Hall–Kier alpha value is -1.19. The summed E-state index contributed by atoms with van der Waals surface area (Å²) in [5.41, 5.74) is 0.800. The molecule has 0 bridgehead atoms. The van der Waals surface area contributed by atoms with Crippen LogP contribution in [0.25, 0.3) is 0 Å². The SMILES string of the molecule is O=C(CCCN1CCC(O)C1)c1ccccc1. The number of hydrogen-bond donors (Lipinski definition) is 1. The van der Waals surface area contributed by atoms with Crippen LogP contribution in [-0.4, -0.2) is 41.5 Å². The summed E-state index contributed by atoms with van der Waals surface area (Å²) in [6.07, 6.45) is 2.17. The standard InChI is InChI=1S/C14H19NO2/c16-13-8-10-15(11-13)9-4-7-14(17)12-5-2-1-3-6-12/h1-3,5-6,13,16H,4,7-11H2. The Morgan fingerprint density at radius 2 is 2.12 bits per heavy atom. The first-order chi connectivity index (χ1) is 8.25. The molecule has 1 aromatic rings. The summed E-state index contributed by atoms with van der Waals surface area (Å²) in [6, 6.07) is 9.43. The zero-order valence-electron chi connectivity index (χ0n) is 10.0. The van der Waals surface area contributed by atoms with Gasteiger partial charge >= 0.3 is 0 Å². The molecule has 0 radical (unpaired) electrons. The Morgan fingerprint density at radius 1 is 1.35 bits per heavy atom. The molecule has 0 aromatic heterocycles. The summed E-state index contributed by atoms with van der Waals surface area (Å²) in [5, 5.41) is 9.38. The van der Waals surface area contributed by atoms with Crippen LogP contribution in [0.1, 0.15) is 29.6 Å². The first kappa shape index (κ1) is 12.3. The first-order valence-corrected chi connectivity index (χ1v) is 6.24. The van der Waals surface area contributed by atoms with Crippen molar-refractivity contribution in [2.75, 3.05) is 19.6 Å². The lowest BCUT2D eigenvalue weighted by atomic mass is 10.1. The van der Waals surface area contributed by atoms with Crippen LogP contribution in [0.15, 0.2) is 30.3 Å². The van der Waals surface area contributed by atoms with E-state index in [2.05, 4.69) is 4.90 Å². The Labute approximate surface area is 102 Å². The maximum atomic E-state index is 11.8. The fourth-order valence-electron chi connectivity index (χ4n) is 2.25. The molecule has 1 heterocycles. The quantitative estimate of drug-likeness (QED) is 0.787. The van der Waals surface area contributed by atoms with Crippen LogP contribution in [0.3, 0.4) is 0 Å². The molecule has 1 aromatic carbocycles. The Balaban J connectivity index is 1.70. The topological polar surface area (TPSA) is 40.5 Å². The predicted molar refractivity (Wildman–Crippen MR) is 67.1 cm³/mol. The van der Waals surface area contributed by atoms with E-state index in [1.54, 1.807) is 0 Å². The van der Waals surface area contributed by atoms with Crippen molar-refractivity contribution in [3.8, 4) is 0 Å². The number of ketones is 1. The molecule has 1 atom stereocenters. The van der Waals surface area contributed by atoms with Crippen molar-refractivity contribution in [3.63, 3.8) is 0 Å². The number of rotatable bonds is 5. The summed E-state index contributed by atoms with van der Waals surface area (Å²) < 4.78 is 0. The lowest BCUT2D eigenvalue weighted by Gasteiger charge is -2.13. The average Bonchev–Trinajstić information content (AvgIpc) is 2.76. The number of likely N-dealkylation sites (tertiary alicyclic amines) is 1. The fourth-order valence-corrected chi connectivity index (χ4v) is 2.25. The highest BCUT2D eigenvalue weighted by Gasteiger charge is 2.19. The van der Waals surface area contributed by atoms with Crippen molar-refractivity contribution in [2.45, 2.75) is 25.4 Å². The Bertz CT molecular complexity index is 364. The van der Waals surface area contributed by atoms with Crippen LogP contribution in [-0.2, 0) is 0 Å². The molecule has 3 nitrogen and oxygen atoms in total. The molecule has 2 rings (SSSR count). The molecule has 3 heteroatoms. The molecule has 0 aliphatic carbocycles. The molecule has 0 saturated carbocycles. The van der Waals surface area contributed by atoms with Crippen molar-refractivity contribution < 1.29 is 9.90 Å². The largest absolute Gasteiger partial charge is 0.392 e. The monoisotopic (exact) mass is 233 g/mol. The van der Waals surface area contributed by atoms with Gasteiger partial charge in [-0.15, -0.1) is 0 Å². The number of carbonyl (C=O) groups is 1. The molecule has 1 saturated heterocycles. The van der Waals surface area contributed by atoms with Gasteiger partial charge in [-0.2, -0.15) is 0 Å². The molecule has 1 aliphatic heterocycles. The van der Waals surface area contributed by atoms with Gasteiger partial charge in [0.2, 0.25) is 0 Å². The van der Waals surface area contributed by atoms with Crippen molar-refractivity contribution in [2.24, 2.45) is 0 Å². The number of benzene rings is 1. The van der Waals surface area contributed by atoms with E-state index in [4.69, 9.17) is 0 Å². The minimum atomic E-state index is -0.167. The maximum absolute atomic E-state index is 11.8. The van der Waals surface area contributed by atoms with E-state index in [9.17, 15) is 9.90 Å². The van der Waals surface area contributed by atoms with E-state index < -0.39 is 0 Å². The van der Waals surface area contributed by atoms with Crippen LogP contribution >= 0.6 is 0 Å². The van der Waals surface area contributed by atoms with Crippen LogP contribution in [0.2, 0.25) is 0 Å². The second kappa shape index (κ2) is 5.94. The zero-order valence-corrected chi connectivity index (χ0v) is 10.0. The van der Waals surface area contributed by atoms with Gasteiger partial charge in [0.05, 0.1) is 6.10 Å². The normalized spacial score (nSPS) is 20.6. The number of aliphatic hydroxyl groups is 1. The van der Waals surface area contributed by atoms with Gasteiger partial charge in [0.1, 0.15) is 0 Å². The average molecular weight is 233 g/mol. The Kier molecular flexibility index (Phi) is 4.29. The van der Waals surface area contributed by atoms with Crippen molar-refractivity contribution in [1.82, 2.24) is 4.90 Å². The predicted octanol–water partition coefficient (Wildman–Crippen LogP) is 1.72. The van der Waals surface area contributed by atoms with Gasteiger partial charge < -0.3 is 10.0 Å². The molecular formula is C14H19NO2. The van der Waals surface area contributed by atoms with E-state index in [0.717, 1.165) is 38.0 Å². The molecule has 1 unspecified atom stereocenters. The first-order valence-electron chi connectivity index (χ1n) is 6.24. The minimum absolute atomic E-state index is 0.167. The van der Waals surface area contributed by atoms with Gasteiger partial charge in [-0.1, -0.05) is 30.3 Å². The van der Waals surface area contributed by atoms with Gasteiger partial charge in [0.15, 0.2) is 5.78 Å². The number of aliphatic hydroxyl groups excluding tert-OH is 1. The van der Waals surface area contributed by atoms with Gasteiger partial charge in [-0.25, -0.2) is 0 Å². The summed E-state index contributed by atoms with van der Waals surface area (Å²) in [5.74, 6) is 0.213. The van der Waals surface area contributed by atoms with Crippen LogP contribution in [0, 0.1) is 0 Å². The van der Waals surface area contributed by atoms with Gasteiger partial charge in [-0.05, 0) is 19.4 Å². The highest BCUT2D eigenvalue weighted by Crippen LogP contribution is 2.11. The molecule has 0 spiro atoms. The van der Waals surface area contributed by atoms with Crippen LogP contribution in [0.4, 0.5) is 0 Å². The van der Waals surface area contributed by atoms with E-state index in [-0.39, 0.29) is 11.9 Å². The van der Waals surface area contributed by atoms with Crippen molar-refractivity contribution in [1.29, 1.82) is 0 Å². The van der Waals surface area contributed by atoms with Crippen LogP contribution < -0.4 is 0 Å². The van der Waals surface area contributed by atoms with E-state index in [1.165, 1.54) is 0 Å². The Morgan fingerprint density at radius 3 is 2.76 bits per heavy atom. The number of hydrogen-bond acceptors (Lipinski definition) is 3. The maximum Gasteiger partial charge on any atom is 0.162 e. The lowest BCUT2D eigenvalue weighted by molar-refractivity contribution is 0.0975. The number of Topliss-reactive ketones (excluding diaryl/α,β-unsaturated/α-hetero) is 1. The number of β-amino-alcohol motifs (C(OH)–C–C–N with tert-alkyl or cyclic N) is 1. The minimum Gasteiger partial charge on any atom is -0.392 e. The third-order valence-corrected chi connectivity index (χ3v) is 3.22. The summed E-state index contributed by atoms with van der Waals surface area (Å²) >= 11 is 0. The molecule has 1 aliphatic rings. The molecule has 1 fully saturated rings. The highest BCUT2D eigenvalue weighted by atomic mass is 16.3. The van der Waals surface area contributed by atoms with Crippen molar-refractivity contribution in [3.05, 3.63) is 35.9 Å². The highest BCUT2D eigenvalue weighted by molar-refractivity contribution is 5.95. The van der Waals surface area contributed by atoms with Crippen LogP contribution in [0.5, 0.6) is 0 Å². The third-order valence-electron chi connectivity index (χ3n) is 3.22. The molecule has 0 amide bonds. The molecule has 17 heavy (non-hydrogen) atoms. The zero-order chi connectivity index (χ0) is 12.1. The van der Waals surface area contributed by atoms with Crippen molar-refractivity contribution >= 4 is 5.78 Å². The molecule has 1 N–H and O–H groups in total. The van der Waals surface area contributed by atoms with E-state index in [1.807, 2.05) is 30.3 Å². The number of nitrogens with zero attached hydrogens (tertiary/aromatic N) is 1. The third kappa shape index (κ3) is 3.65. The molecular weight excluding hydrogens is 214 g/mol. The second-order valence-electron chi connectivity index (χ2n) is 4.64. The number of carbonyl (C=O) groups excluding carboxylic acids is 1. The van der Waals surface area contributed by atoms with Gasteiger partial charge in [0, 0.05) is 25.1 Å². The van der Waals surface area contributed by atoms with Gasteiger partial charge in [0.25, 0.3) is 0 Å². The van der Waals surface area contributed by atoms with Gasteiger partial charge in [-0.3, -0.25) is 4.79 Å². The van der Waals surface area contributed by atoms with E-state index in [0.29, 0.717) is 6.42 Å². The molecule has 92 valence electrons. The fraction of sp³-hybridized carbons (Fsp3) is 0.500. The summed E-state index contributed by atoms with van der Waals surface area (Å²) in [7, 11) is 0.